The highest BCUT2D eigenvalue weighted by atomic mass is 16.1. The first kappa shape index (κ1) is 13.9. The molecule has 20 heavy (non-hydrogen) atoms. The molecule has 0 aliphatic heterocycles. The SMILES string of the molecule is CC(C)N(CCC#N)c1nc2ccc(N)cc2c(=O)[nH]1. The number of hydrogen-bond acceptors (Lipinski definition) is 5. The number of anilines is 2. The van der Waals surface area contributed by atoms with Crippen LogP contribution in [0.1, 0.15) is 20.3 Å². The molecule has 0 unspecified atom stereocenters. The smallest absolute Gasteiger partial charge is 0.260 e. The van der Waals surface area contributed by atoms with Crippen molar-refractivity contribution in [2.75, 3.05) is 17.2 Å². The summed E-state index contributed by atoms with van der Waals surface area (Å²) >= 11 is 0. The average Bonchev–Trinajstić information content (AvgIpc) is 2.40. The zero-order valence-corrected chi connectivity index (χ0v) is 11.6. The number of H-pyrrole nitrogens is 1. The number of aromatic nitrogens is 2. The van der Waals surface area contributed by atoms with Crippen LogP contribution in [0.15, 0.2) is 23.0 Å². The first-order chi connectivity index (χ1) is 9.52. The molecule has 1 heterocycles. The van der Waals surface area contributed by atoms with Gasteiger partial charge in [-0.25, -0.2) is 4.98 Å². The van der Waals surface area contributed by atoms with E-state index in [1.54, 1.807) is 18.2 Å². The molecule has 2 aromatic rings. The Kier molecular flexibility index (Phi) is 3.89. The highest BCUT2D eigenvalue weighted by Crippen LogP contribution is 2.16. The third-order valence-electron chi connectivity index (χ3n) is 3.08. The number of nitrogens with one attached hydrogen (secondary N) is 1. The van der Waals surface area contributed by atoms with Gasteiger partial charge in [-0.05, 0) is 32.0 Å². The number of nitrogen functional groups attached to an aromatic ring is 1. The fourth-order valence-electron chi connectivity index (χ4n) is 2.06. The van der Waals surface area contributed by atoms with E-state index in [9.17, 15) is 4.79 Å². The Hall–Kier alpha value is -2.55. The van der Waals surface area contributed by atoms with Gasteiger partial charge in [-0.1, -0.05) is 0 Å². The molecule has 0 saturated heterocycles. The van der Waals surface area contributed by atoms with Gasteiger partial charge in [-0.15, -0.1) is 0 Å². The highest BCUT2D eigenvalue weighted by molar-refractivity contribution is 5.81. The van der Waals surface area contributed by atoms with Gasteiger partial charge in [0.2, 0.25) is 5.95 Å². The quantitative estimate of drug-likeness (QED) is 0.823. The van der Waals surface area contributed by atoms with E-state index >= 15 is 0 Å². The maximum Gasteiger partial charge on any atom is 0.260 e. The van der Waals surface area contributed by atoms with E-state index in [0.717, 1.165) is 0 Å². The second kappa shape index (κ2) is 5.61. The van der Waals surface area contributed by atoms with Crippen LogP contribution in [0.2, 0.25) is 0 Å². The lowest BCUT2D eigenvalue weighted by Gasteiger charge is -2.26. The molecule has 0 amide bonds. The third kappa shape index (κ3) is 2.72. The number of nitriles is 1. The molecule has 0 atom stereocenters. The second-order valence-corrected chi connectivity index (χ2v) is 4.86. The van der Waals surface area contributed by atoms with Gasteiger partial charge < -0.3 is 10.6 Å². The minimum atomic E-state index is -0.222. The van der Waals surface area contributed by atoms with Crippen molar-refractivity contribution >= 4 is 22.5 Å². The van der Waals surface area contributed by atoms with Crippen molar-refractivity contribution in [3.63, 3.8) is 0 Å². The largest absolute Gasteiger partial charge is 0.399 e. The fraction of sp³-hybridized carbons (Fsp3) is 0.357. The minimum Gasteiger partial charge on any atom is -0.399 e. The van der Waals surface area contributed by atoms with Crippen molar-refractivity contribution in [3.8, 4) is 6.07 Å². The first-order valence-corrected chi connectivity index (χ1v) is 6.46. The molecular weight excluding hydrogens is 254 g/mol. The molecule has 0 aliphatic rings. The van der Waals surface area contributed by atoms with Crippen LogP contribution >= 0.6 is 0 Å². The monoisotopic (exact) mass is 271 g/mol. The van der Waals surface area contributed by atoms with E-state index in [1.165, 1.54) is 0 Å². The van der Waals surface area contributed by atoms with Gasteiger partial charge in [-0.2, -0.15) is 5.26 Å². The third-order valence-corrected chi connectivity index (χ3v) is 3.08. The van der Waals surface area contributed by atoms with Crippen LogP contribution < -0.4 is 16.2 Å². The van der Waals surface area contributed by atoms with E-state index < -0.39 is 0 Å². The standard InChI is InChI=1S/C14H17N5O/c1-9(2)19(7-3-6-15)14-17-12-5-4-10(16)8-11(12)13(20)18-14/h4-5,8-9H,3,7,16H2,1-2H3,(H,17,18,20). The number of hydrogen-bond donors (Lipinski definition) is 2. The number of rotatable bonds is 4. The van der Waals surface area contributed by atoms with Gasteiger partial charge in [0, 0.05) is 18.3 Å². The molecule has 6 heteroatoms. The molecule has 0 spiro atoms. The van der Waals surface area contributed by atoms with Crippen molar-refractivity contribution in [1.82, 2.24) is 9.97 Å². The van der Waals surface area contributed by atoms with Gasteiger partial charge in [0.1, 0.15) is 0 Å². The maximum atomic E-state index is 12.1. The van der Waals surface area contributed by atoms with Gasteiger partial charge in [-0.3, -0.25) is 9.78 Å². The summed E-state index contributed by atoms with van der Waals surface area (Å²) in [6.45, 7) is 4.51. The summed E-state index contributed by atoms with van der Waals surface area (Å²) < 4.78 is 0. The summed E-state index contributed by atoms with van der Waals surface area (Å²) in [7, 11) is 0. The lowest BCUT2D eigenvalue weighted by atomic mass is 10.2. The van der Waals surface area contributed by atoms with E-state index in [-0.39, 0.29) is 11.6 Å². The molecule has 6 nitrogen and oxygen atoms in total. The summed E-state index contributed by atoms with van der Waals surface area (Å²) in [5.41, 5.74) is 6.58. The predicted octanol–water partition coefficient (Wildman–Crippen LogP) is 1.63. The molecular formula is C14H17N5O. The number of nitrogens with two attached hydrogens (primary N) is 1. The zero-order chi connectivity index (χ0) is 14.7. The summed E-state index contributed by atoms with van der Waals surface area (Å²) in [5.74, 6) is 0.484. The molecule has 0 saturated carbocycles. The van der Waals surface area contributed by atoms with Crippen molar-refractivity contribution in [3.05, 3.63) is 28.6 Å². The summed E-state index contributed by atoms with van der Waals surface area (Å²) in [5, 5.41) is 9.19. The molecule has 0 radical (unpaired) electrons. The van der Waals surface area contributed by atoms with Gasteiger partial charge in [0.25, 0.3) is 5.56 Å². The van der Waals surface area contributed by atoms with Crippen molar-refractivity contribution in [1.29, 1.82) is 5.26 Å². The number of benzene rings is 1. The Morgan fingerprint density at radius 2 is 2.25 bits per heavy atom. The lowest BCUT2D eigenvalue weighted by Crippen LogP contribution is -2.34. The fourth-order valence-corrected chi connectivity index (χ4v) is 2.06. The predicted molar refractivity (Wildman–Crippen MR) is 79.5 cm³/mol. The van der Waals surface area contributed by atoms with E-state index in [1.807, 2.05) is 18.7 Å². The number of nitrogens with zero attached hydrogens (tertiary/aromatic N) is 3. The highest BCUT2D eigenvalue weighted by Gasteiger charge is 2.14. The average molecular weight is 271 g/mol. The van der Waals surface area contributed by atoms with Crippen LogP contribution in [0.5, 0.6) is 0 Å². The van der Waals surface area contributed by atoms with Gasteiger partial charge in [0.15, 0.2) is 0 Å². The van der Waals surface area contributed by atoms with E-state index in [4.69, 9.17) is 11.0 Å². The summed E-state index contributed by atoms with van der Waals surface area (Å²) in [4.78, 5) is 21.2. The molecule has 1 aromatic heterocycles. The molecule has 104 valence electrons. The molecule has 2 rings (SSSR count). The summed E-state index contributed by atoms with van der Waals surface area (Å²) in [6, 6.07) is 7.30. The number of fused-ring (bicyclic) bond motifs is 1. The van der Waals surface area contributed by atoms with Crippen LogP contribution in [0.4, 0.5) is 11.6 Å². The van der Waals surface area contributed by atoms with Crippen molar-refractivity contribution in [2.24, 2.45) is 0 Å². The molecule has 0 aliphatic carbocycles. The maximum absolute atomic E-state index is 12.1. The molecule has 0 fully saturated rings. The topological polar surface area (TPSA) is 98.8 Å². The van der Waals surface area contributed by atoms with E-state index in [2.05, 4.69) is 16.0 Å². The second-order valence-electron chi connectivity index (χ2n) is 4.86. The normalized spacial score (nSPS) is 10.7. The van der Waals surface area contributed by atoms with Crippen LogP contribution in [0.25, 0.3) is 10.9 Å². The Morgan fingerprint density at radius 3 is 2.90 bits per heavy atom. The zero-order valence-electron chi connectivity index (χ0n) is 11.6. The van der Waals surface area contributed by atoms with Gasteiger partial charge in [0.05, 0.1) is 23.4 Å². The Morgan fingerprint density at radius 1 is 1.50 bits per heavy atom. The van der Waals surface area contributed by atoms with Crippen LogP contribution in [-0.4, -0.2) is 22.6 Å². The van der Waals surface area contributed by atoms with Gasteiger partial charge >= 0.3 is 0 Å². The van der Waals surface area contributed by atoms with Crippen LogP contribution in [-0.2, 0) is 0 Å². The Bertz CT molecular complexity index is 714. The summed E-state index contributed by atoms with van der Waals surface area (Å²) in [6.07, 6.45) is 0.377. The molecule has 0 bridgehead atoms. The van der Waals surface area contributed by atoms with Crippen molar-refractivity contribution in [2.45, 2.75) is 26.3 Å². The Balaban J connectivity index is 2.51. The lowest BCUT2D eigenvalue weighted by molar-refractivity contribution is 0.666. The first-order valence-electron chi connectivity index (χ1n) is 6.46. The van der Waals surface area contributed by atoms with Crippen LogP contribution in [0.3, 0.4) is 0 Å². The van der Waals surface area contributed by atoms with Crippen molar-refractivity contribution < 1.29 is 0 Å². The molecule has 3 N–H and O–H groups in total. The van der Waals surface area contributed by atoms with E-state index in [0.29, 0.717) is 35.5 Å². The van der Waals surface area contributed by atoms with Crippen LogP contribution in [0, 0.1) is 11.3 Å². The minimum absolute atomic E-state index is 0.137. The number of aromatic amines is 1. The molecule has 1 aromatic carbocycles. The Labute approximate surface area is 116 Å².